The van der Waals surface area contributed by atoms with E-state index >= 15 is 0 Å². The number of hydrogen-bond donors (Lipinski definition) is 1. The standard InChI is InChI=1S/C20H22ClN3O2/c1-19(2,3)20(25,12-24-14-22-13-23-24)15-5-4-6-18(11-15)26-17-9-7-16(21)8-10-17/h4-11,13-14,25H,12H2,1-3H3. The third-order valence-corrected chi connectivity index (χ3v) is 4.71. The topological polar surface area (TPSA) is 60.2 Å². The van der Waals surface area contributed by atoms with Gasteiger partial charge in [-0.3, -0.25) is 0 Å². The smallest absolute Gasteiger partial charge is 0.137 e. The van der Waals surface area contributed by atoms with Gasteiger partial charge in [0, 0.05) is 5.02 Å². The second-order valence-corrected chi connectivity index (χ2v) is 7.72. The van der Waals surface area contributed by atoms with E-state index in [1.807, 2.05) is 45.0 Å². The molecule has 1 heterocycles. The summed E-state index contributed by atoms with van der Waals surface area (Å²) in [4.78, 5) is 3.97. The van der Waals surface area contributed by atoms with E-state index in [4.69, 9.17) is 16.3 Å². The van der Waals surface area contributed by atoms with Crippen LogP contribution in [0.1, 0.15) is 26.3 Å². The van der Waals surface area contributed by atoms with Crippen molar-refractivity contribution in [2.45, 2.75) is 32.9 Å². The maximum atomic E-state index is 11.6. The zero-order valence-corrected chi connectivity index (χ0v) is 15.8. The van der Waals surface area contributed by atoms with Crippen LogP contribution >= 0.6 is 11.6 Å². The van der Waals surface area contributed by atoms with Gasteiger partial charge in [-0.2, -0.15) is 5.10 Å². The van der Waals surface area contributed by atoms with Crippen molar-refractivity contribution in [2.24, 2.45) is 5.41 Å². The fraction of sp³-hybridized carbons (Fsp3) is 0.300. The number of nitrogens with zero attached hydrogens (tertiary/aromatic N) is 3. The lowest BCUT2D eigenvalue weighted by molar-refractivity contribution is -0.0805. The molecule has 3 rings (SSSR count). The van der Waals surface area contributed by atoms with Gasteiger partial charge in [-0.15, -0.1) is 0 Å². The van der Waals surface area contributed by atoms with Gasteiger partial charge in [0.2, 0.25) is 0 Å². The Morgan fingerprint density at radius 2 is 1.81 bits per heavy atom. The van der Waals surface area contributed by atoms with Gasteiger partial charge in [0.15, 0.2) is 0 Å². The Bertz CT molecular complexity index is 858. The van der Waals surface area contributed by atoms with Crippen molar-refractivity contribution in [1.82, 2.24) is 14.8 Å². The number of ether oxygens (including phenoxy) is 1. The van der Waals surface area contributed by atoms with Crippen molar-refractivity contribution >= 4 is 11.6 Å². The highest BCUT2D eigenvalue weighted by Crippen LogP contribution is 2.41. The lowest BCUT2D eigenvalue weighted by Crippen LogP contribution is -2.44. The molecular formula is C20H22ClN3O2. The fourth-order valence-corrected chi connectivity index (χ4v) is 2.89. The van der Waals surface area contributed by atoms with E-state index < -0.39 is 11.0 Å². The fourth-order valence-electron chi connectivity index (χ4n) is 2.77. The molecule has 0 saturated heterocycles. The summed E-state index contributed by atoms with van der Waals surface area (Å²) in [6, 6.07) is 14.7. The normalized spacial score (nSPS) is 14.0. The second-order valence-electron chi connectivity index (χ2n) is 7.29. The monoisotopic (exact) mass is 371 g/mol. The first-order valence-electron chi connectivity index (χ1n) is 8.37. The maximum Gasteiger partial charge on any atom is 0.137 e. The number of rotatable bonds is 5. The summed E-state index contributed by atoms with van der Waals surface area (Å²) < 4.78 is 7.55. The number of aromatic nitrogens is 3. The molecule has 0 radical (unpaired) electrons. The number of benzene rings is 2. The summed E-state index contributed by atoms with van der Waals surface area (Å²) >= 11 is 5.92. The van der Waals surface area contributed by atoms with Crippen LogP contribution in [0.15, 0.2) is 61.2 Å². The number of hydrogen-bond acceptors (Lipinski definition) is 4. The largest absolute Gasteiger partial charge is 0.457 e. The van der Waals surface area contributed by atoms with E-state index in [0.29, 0.717) is 23.1 Å². The molecule has 0 bridgehead atoms. The van der Waals surface area contributed by atoms with E-state index in [0.717, 1.165) is 5.56 Å². The summed E-state index contributed by atoms with van der Waals surface area (Å²) in [7, 11) is 0. The number of halogens is 1. The molecule has 3 aromatic rings. The Labute approximate surface area is 158 Å². The molecule has 1 atom stereocenters. The quantitative estimate of drug-likeness (QED) is 0.708. The van der Waals surface area contributed by atoms with Gasteiger partial charge in [-0.25, -0.2) is 9.67 Å². The van der Waals surface area contributed by atoms with Crippen LogP contribution in [0.5, 0.6) is 11.5 Å². The minimum atomic E-state index is -1.15. The first-order chi connectivity index (χ1) is 12.3. The molecule has 1 aromatic heterocycles. The predicted molar refractivity (Wildman–Crippen MR) is 101 cm³/mol. The summed E-state index contributed by atoms with van der Waals surface area (Å²) in [5.74, 6) is 1.33. The highest BCUT2D eigenvalue weighted by Gasteiger charge is 2.42. The summed E-state index contributed by atoms with van der Waals surface area (Å²) in [6.07, 6.45) is 3.06. The molecule has 1 N–H and O–H groups in total. The SMILES string of the molecule is CC(C)(C)C(O)(Cn1cncn1)c1cccc(Oc2ccc(Cl)cc2)c1. The number of aliphatic hydroxyl groups is 1. The Morgan fingerprint density at radius 3 is 2.42 bits per heavy atom. The second kappa shape index (κ2) is 7.09. The van der Waals surface area contributed by atoms with Gasteiger partial charge in [0.1, 0.15) is 29.8 Å². The van der Waals surface area contributed by atoms with Crippen LogP contribution in [0.4, 0.5) is 0 Å². The molecule has 0 aliphatic heterocycles. The van der Waals surface area contributed by atoms with Crippen LogP contribution in [-0.4, -0.2) is 19.9 Å². The van der Waals surface area contributed by atoms with Gasteiger partial charge in [-0.1, -0.05) is 44.5 Å². The van der Waals surface area contributed by atoms with E-state index in [9.17, 15) is 5.11 Å². The zero-order chi connectivity index (χ0) is 18.8. The molecule has 5 nitrogen and oxygen atoms in total. The molecule has 2 aromatic carbocycles. The first kappa shape index (κ1) is 18.4. The first-order valence-corrected chi connectivity index (χ1v) is 8.74. The van der Waals surface area contributed by atoms with Crippen LogP contribution < -0.4 is 4.74 Å². The van der Waals surface area contributed by atoms with Gasteiger partial charge in [-0.05, 0) is 47.4 Å². The molecular weight excluding hydrogens is 350 g/mol. The Kier molecular flexibility index (Phi) is 5.03. The van der Waals surface area contributed by atoms with Gasteiger partial charge in [0.05, 0.1) is 6.54 Å². The maximum absolute atomic E-state index is 11.6. The summed E-state index contributed by atoms with van der Waals surface area (Å²) in [6.45, 7) is 6.28. The van der Waals surface area contributed by atoms with Crippen LogP contribution in [0.3, 0.4) is 0 Å². The molecule has 6 heteroatoms. The van der Waals surface area contributed by atoms with Crippen molar-refractivity contribution in [3.8, 4) is 11.5 Å². The molecule has 0 aliphatic rings. The third-order valence-electron chi connectivity index (χ3n) is 4.46. The Balaban J connectivity index is 1.93. The molecule has 0 amide bonds. The molecule has 0 saturated carbocycles. The highest BCUT2D eigenvalue weighted by atomic mass is 35.5. The molecule has 26 heavy (non-hydrogen) atoms. The van der Waals surface area contributed by atoms with Crippen LogP contribution in [0.25, 0.3) is 0 Å². The summed E-state index contributed by atoms with van der Waals surface area (Å²) in [5, 5.41) is 16.4. The lowest BCUT2D eigenvalue weighted by Gasteiger charge is -2.40. The predicted octanol–water partition coefficient (Wildman–Crippen LogP) is 4.66. The van der Waals surface area contributed by atoms with Crippen molar-refractivity contribution in [2.75, 3.05) is 0 Å². The average molecular weight is 372 g/mol. The highest BCUT2D eigenvalue weighted by molar-refractivity contribution is 6.30. The van der Waals surface area contributed by atoms with Crippen molar-refractivity contribution < 1.29 is 9.84 Å². The summed E-state index contributed by atoms with van der Waals surface area (Å²) in [5.41, 5.74) is -0.829. The van der Waals surface area contributed by atoms with E-state index in [-0.39, 0.29) is 0 Å². The van der Waals surface area contributed by atoms with E-state index in [2.05, 4.69) is 10.1 Å². The van der Waals surface area contributed by atoms with Crippen molar-refractivity contribution in [3.05, 3.63) is 71.8 Å². The molecule has 0 fully saturated rings. The van der Waals surface area contributed by atoms with Gasteiger partial charge >= 0.3 is 0 Å². The van der Waals surface area contributed by atoms with E-state index in [1.54, 1.807) is 35.3 Å². The van der Waals surface area contributed by atoms with Crippen molar-refractivity contribution in [1.29, 1.82) is 0 Å². The van der Waals surface area contributed by atoms with Crippen LogP contribution in [0.2, 0.25) is 5.02 Å². The molecule has 0 spiro atoms. The molecule has 136 valence electrons. The minimum absolute atomic E-state index is 0.293. The average Bonchev–Trinajstić information content (AvgIpc) is 3.09. The van der Waals surface area contributed by atoms with E-state index in [1.165, 1.54) is 6.33 Å². The Hall–Kier alpha value is -2.37. The zero-order valence-electron chi connectivity index (χ0n) is 15.1. The van der Waals surface area contributed by atoms with Gasteiger partial charge in [0.25, 0.3) is 0 Å². The Morgan fingerprint density at radius 1 is 1.08 bits per heavy atom. The van der Waals surface area contributed by atoms with Crippen molar-refractivity contribution in [3.63, 3.8) is 0 Å². The van der Waals surface area contributed by atoms with Crippen LogP contribution in [0, 0.1) is 5.41 Å². The molecule has 0 aliphatic carbocycles. The van der Waals surface area contributed by atoms with Crippen LogP contribution in [-0.2, 0) is 12.1 Å². The minimum Gasteiger partial charge on any atom is -0.457 e. The van der Waals surface area contributed by atoms with Gasteiger partial charge < -0.3 is 9.84 Å². The molecule has 1 unspecified atom stereocenters. The third kappa shape index (κ3) is 3.89. The lowest BCUT2D eigenvalue weighted by atomic mass is 9.72.